The third kappa shape index (κ3) is 2.70. The molecule has 2 N–H and O–H groups in total. The van der Waals surface area contributed by atoms with E-state index in [4.69, 9.17) is 17.3 Å². The summed E-state index contributed by atoms with van der Waals surface area (Å²) >= 11 is 5.77. The van der Waals surface area contributed by atoms with Crippen LogP contribution in [0.15, 0.2) is 30.3 Å². The molecule has 1 aromatic carbocycles. The Labute approximate surface area is 105 Å². The van der Waals surface area contributed by atoms with Gasteiger partial charge in [0.15, 0.2) is 5.69 Å². The quantitative estimate of drug-likeness (QED) is 0.866. The molecule has 1 heterocycles. The molecule has 1 aromatic heterocycles. The van der Waals surface area contributed by atoms with Gasteiger partial charge in [0.2, 0.25) is 5.95 Å². The minimum Gasteiger partial charge on any atom is -0.368 e. The van der Waals surface area contributed by atoms with Crippen LogP contribution in [0.5, 0.6) is 0 Å². The van der Waals surface area contributed by atoms with Gasteiger partial charge in [0.05, 0.1) is 5.69 Å². The summed E-state index contributed by atoms with van der Waals surface area (Å²) < 4.78 is 37.7. The van der Waals surface area contributed by atoms with E-state index in [0.29, 0.717) is 10.6 Å². The van der Waals surface area contributed by atoms with Crippen molar-refractivity contribution in [3.8, 4) is 11.3 Å². The van der Waals surface area contributed by atoms with E-state index in [1.807, 2.05) is 0 Å². The molecule has 2 rings (SSSR count). The molecule has 0 aliphatic heterocycles. The fourth-order valence-corrected chi connectivity index (χ4v) is 1.60. The number of benzene rings is 1. The van der Waals surface area contributed by atoms with Crippen LogP contribution in [0.4, 0.5) is 19.1 Å². The number of nitrogens with zero attached hydrogens (tertiary/aromatic N) is 2. The largest absolute Gasteiger partial charge is 0.433 e. The van der Waals surface area contributed by atoms with Gasteiger partial charge in [0.1, 0.15) is 0 Å². The minimum absolute atomic E-state index is 0.0809. The SMILES string of the molecule is Nc1nc(-c2cccc(Cl)c2)cc(C(F)(F)F)n1. The van der Waals surface area contributed by atoms with Crippen molar-refractivity contribution in [1.29, 1.82) is 0 Å². The predicted molar refractivity (Wildman–Crippen MR) is 61.9 cm³/mol. The number of nitrogens with two attached hydrogens (primary N) is 1. The maximum atomic E-state index is 12.6. The molecule has 0 radical (unpaired) electrons. The lowest BCUT2D eigenvalue weighted by Crippen LogP contribution is -2.11. The first-order valence-corrected chi connectivity index (χ1v) is 5.22. The van der Waals surface area contributed by atoms with Crippen LogP contribution in [-0.2, 0) is 6.18 Å². The van der Waals surface area contributed by atoms with Gasteiger partial charge in [-0.05, 0) is 18.2 Å². The number of aromatic nitrogens is 2. The summed E-state index contributed by atoms with van der Waals surface area (Å²) in [5.74, 6) is -0.431. The second kappa shape index (κ2) is 4.45. The van der Waals surface area contributed by atoms with Crippen LogP contribution in [0.3, 0.4) is 0 Å². The maximum absolute atomic E-state index is 12.6. The molecule has 2 aromatic rings. The molecule has 94 valence electrons. The summed E-state index contributed by atoms with van der Waals surface area (Å²) in [5, 5.41) is 0.401. The third-order valence-corrected chi connectivity index (χ3v) is 2.39. The van der Waals surface area contributed by atoms with E-state index in [9.17, 15) is 13.2 Å². The highest BCUT2D eigenvalue weighted by molar-refractivity contribution is 6.30. The molecular formula is C11H7ClF3N3. The van der Waals surface area contributed by atoms with E-state index in [-0.39, 0.29) is 5.69 Å². The highest BCUT2D eigenvalue weighted by Gasteiger charge is 2.33. The Morgan fingerprint density at radius 3 is 2.44 bits per heavy atom. The first-order chi connectivity index (χ1) is 8.36. The molecule has 0 amide bonds. The van der Waals surface area contributed by atoms with Crippen molar-refractivity contribution in [3.63, 3.8) is 0 Å². The molecule has 0 spiro atoms. The third-order valence-electron chi connectivity index (χ3n) is 2.15. The molecule has 7 heteroatoms. The number of rotatable bonds is 1. The van der Waals surface area contributed by atoms with Crippen LogP contribution >= 0.6 is 11.6 Å². The molecule has 0 bridgehead atoms. The molecular weight excluding hydrogens is 267 g/mol. The molecule has 0 unspecified atom stereocenters. The second-order valence-electron chi connectivity index (χ2n) is 3.50. The van der Waals surface area contributed by atoms with Crippen molar-refractivity contribution in [2.75, 3.05) is 5.73 Å². The summed E-state index contributed by atoms with van der Waals surface area (Å²) in [4.78, 5) is 6.93. The van der Waals surface area contributed by atoms with E-state index in [0.717, 1.165) is 6.07 Å². The predicted octanol–water partition coefficient (Wildman–Crippen LogP) is 3.40. The number of nitrogen functional groups attached to an aromatic ring is 1. The second-order valence-corrected chi connectivity index (χ2v) is 3.94. The van der Waals surface area contributed by atoms with E-state index in [1.165, 1.54) is 6.07 Å². The minimum atomic E-state index is -4.57. The summed E-state index contributed by atoms with van der Waals surface area (Å²) in [6.45, 7) is 0. The fraction of sp³-hybridized carbons (Fsp3) is 0.0909. The van der Waals surface area contributed by atoms with Gasteiger partial charge in [-0.2, -0.15) is 13.2 Å². The molecule has 0 atom stereocenters. The molecule has 0 aliphatic carbocycles. The van der Waals surface area contributed by atoms with Crippen molar-refractivity contribution >= 4 is 17.5 Å². The van der Waals surface area contributed by atoms with Gasteiger partial charge in [-0.15, -0.1) is 0 Å². The fourth-order valence-electron chi connectivity index (χ4n) is 1.41. The zero-order chi connectivity index (χ0) is 13.3. The van der Waals surface area contributed by atoms with Crippen LogP contribution in [0.1, 0.15) is 5.69 Å². The highest BCUT2D eigenvalue weighted by atomic mass is 35.5. The van der Waals surface area contributed by atoms with Gasteiger partial charge in [0, 0.05) is 10.6 Å². The Bertz CT molecular complexity index is 584. The van der Waals surface area contributed by atoms with Gasteiger partial charge >= 0.3 is 6.18 Å². The Hall–Kier alpha value is -1.82. The Morgan fingerprint density at radius 2 is 1.83 bits per heavy atom. The molecule has 0 aliphatic rings. The Morgan fingerprint density at radius 1 is 1.11 bits per heavy atom. The average Bonchev–Trinajstić information content (AvgIpc) is 2.27. The van der Waals surface area contributed by atoms with E-state index >= 15 is 0 Å². The first-order valence-electron chi connectivity index (χ1n) is 4.84. The lowest BCUT2D eigenvalue weighted by Gasteiger charge is -2.08. The van der Waals surface area contributed by atoms with E-state index in [1.54, 1.807) is 18.2 Å². The number of hydrogen-bond acceptors (Lipinski definition) is 3. The standard InChI is InChI=1S/C11H7ClF3N3/c12-7-3-1-2-6(4-7)8-5-9(11(13,14)15)18-10(16)17-8/h1-5H,(H2,16,17,18). The monoisotopic (exact) mass is 273 g/mol. The van der Waals surface area contributed by atoms with Crippen LogP contribution in [-0.4, -0.2) is 9.97 Å². The van der Waals surface area contributed by atoms with Gasteiger partial charge in [0.25, 0.3) is 0 Å². The highest BCUT2D eigenvalue weighted by Crippen LogP contribution is 2.31. The molecule has 3 nitrogen and oxygen atoms in total. The lowest BCUT2D eigenvalue weighted by atomic mass is 10.1. The van der Waals surface area contributed by atoms with Crippen molar-refractivity contribution in [3.05, 3.63) is 41.0 Å². The molecule has 0 fully saturated rings. The summed E-state index contributed by atoms with van der Waals surface area (Å²) in [5.41, 5.74) is 4.72. The Kier molecular flexibility index (Phi) is 3.13. The topological polar surface area (TPSA) is 51.8 Å². The Balaban J connectivity index is 2.55. The number of hydrogen-bond donors (Lipinski definition) is 1. The average molecular weight is 274 g/mol. The summed E-state index contributed by atoms with van der Waals surface area (Å²) in [7, 11) is 0. The van der Waals surface area contributed by atoms with Crippen molar-refractivity contribution in [2.45, 2.75) is 6.18 Å². The normalized spacial score (nSPS) is 11.6. The zero-order valence-corrected chi connectivity index (χ0v) is 9.63. The lowest BCUT2D eigenvalue weighted by molar-refractivity contribution is -0.141. The van der Waals surface area contributed by atoms with Gasteiger partial charge < -0.3 is 5.73 Å². The smallest absolute Gasteiger partial charge is 0.368 e. The summed E-state index contributed by atoms with van der Waals surface area (Å²) in [6.07, 6.45) is -4.57. The van der Waals surface area contributed by atoms with Crippen molar-refractivity contribution in [1.82, 2.24) is 9.97 Å². The molecule has 0 saturated heterocycles. The van der Waals surface area contributed by atoms with E-state index < -0.39 is 17.8 Å². The molecule has 0 saturated carbocycles. The zero-order valence-electron chi connectivity index (χ0n) is 8.87. The van der Waals surface area contributed by atoms with Crippen molar-refractivity contribution < 1.29 is 13.2 Å². The first kappa shape index (κ1) is 12.6. The number of halogens is 4. The van der Waals surface area contributed by atoms with Crippen molar-refractivity contribution in [2.24, 2.45) is 0 Å². The molecule has 18 heavy (non-hydrogen) atoms. The van der Waals surface area contributed by atoms with E-state index in [2.05, 4.69) is 9.97 Å². The van der Waals surface area contributed by atoms with Crippen LogP contribution in [0.25, 0.3) is 11.3 Å². The summed E-state index contributed by atoms with van der Waals surface area (Å²) in [6, 6.07) is 7.16. The number of alkyl halides is 3. The van der Waals surface area contributed by atoms with Crippen LogP contribution in [0, 0.1) is 0 Å². The van der Waals surface area contributed by atoms with Gasteiger partial charge in [-0.25, -0.2) is 9.97 Å². The maximum Gasteiger partial charge on any atom is 0.433 e. The van der Waals surface area contributed by atoms with Gasteiger partial charge in [-0.1, -0.05) is 23.7 Å². The van der Waals surface area contributed by atoms with Crippen LogP contribution in [0.2, 0.25) is 5.02 Å². The van der Waals surface area contributed by atoms with Crippen LogP contribution < -0.4 is 5.73 Å². The number of anilines is 1. The van der Waals surface area contributed by atoms with Gasteiger partial charge in [-0.3, -0.25) is 0 Å².